The van der Waals surface area contributed by atoms with E-state index in [1.807, 2.05) is 26.8 Å². The number of hydrogen-bond acceptors (Lipinski definition) is 4. The SMILES string of the molecule is CC1CC(Nc2cc(Br)ccc2S(=O)(=O)N2CCC(NC(=O)C(C)(C)C)CC2)C1. The van der Waals surface area contributed by atoms with Crippen LogP contribution in [0.15, 0.2) is 27.6 Å². The second-order valence-electron chi connectivity index (χ2n) is 9.46. The molecule has 6 nitrogen and oxygen atoms in total. The molecule has 0 bridgehead atoms. The topological polar surface area (TPSA) is 78.5 Å². The number of halogens is 1. The summed E-state index contributed by atoms with van der Waals surface area (Å²) < 4.78 is 29.1. The number of rotatable bonds is 5. The van der Waals surface area contributed by atoms with E-state index in [1.165, 1.54) is 0 Å². The zero-order valence-electron chi connectivity index (χ0n) is 17.7. The molecule has 0 unspecified atom stereocenters. The predicted molar refractivity (Wildman–Crippen MR) is 119 cm³/mol. The second kappa shape index (κ2) is 8.55. The Kier molecular flexibility index (Phi) is 6.65. The van der Waals surface area contributed by atoms with Crippen molar-refractivity contribution in [2.75, 3.05) is 18.4 Å². The van der Waals surface area contributed by atoms with E-state index < -0.39 is 15.4 Å². The maximum absolute atomic E-state index is 13.3. The van der Waals surface area contributed by atoms with Gasteiger partial charge in [-0.1, -0.05) is 43.6 Å². The molecule has 1 aliphatic heterocycles. The van der Waals surface area contributed by atoms with E-state index in [0.29, 0.717) is 48.5 Å². The Morgan fingerprint density at radius 2 is 1.76 bits per heavy atom. The first-order valence-corrected chi connectivity index (χ1v) is 12.6. The van der Waals surface area contributed by atoms with Crippen molar-refractivity contribution in [2.45, 2.75) is 70.4 Å². The fraction of sp³-hybridized carbons (Fsp3) is 0.667. The van der Waals surface area contributed by atoms with E-state index in [2.05, 4.69) is 33.5 Å². The van der Waals surface area contributed by atoms with E-state index in [0.717, 1.165) is 17.3 Å². The molecular weight excluding hydrogens is 454 g/mol. The van der Waals surface area contributed by atoms with Crippen LogP contribution in [-0.2, 0) is 14.8 Å². The summed E-state index contributed by atoms with van der Waals surface area (Å²) in [5.74, 6) is 0.690. The third kappa shape index (κ3) is 5.33. The molecule has 2 fully saturated rings. The molecule has 2 aliphatic rings. The molecule has 0 atom stereocenters. The Morgan fingerprint density at radius 1 is 1.14 bits per heavy atom. The first-order valence-electron chi connectivity index (χ1n) is 10.3. The van der Waals surface area contributed by atoms with Crippen LogP contribution in [0.1, 0.15) is 53.4 Å². The maximum atomic E-state index is 13.3. The lowest BCUT2D eigenvalue weighted by atomic mass is 9.82. The summed E-state index contributed by atoms with van der Waals surface area (Å²) >= 11 is 3.46. The highest BCUT2D eigenvalue weighted by molar-refractivity contribution is 9.10. The first kappa shape index (κ1) is 22.6. The number of piperidine rings is 1. The molecule has 0 aromatic heterocycles. The summed E-state index contributed by atoms with van der Waals surface area (Å²) in [7, 11) is -3.60. The first-order chi connectivity index (χ1) is 13.5. The number of hydrogen-bond donors (Lipinski definition) is 2. The van der Waals surface area contributed by atoms with Crippen LogP contribution in [0, 0.1) is 11.3 Å². The smallest absolute Gasteiger partial charge is 0.245 e. The van der Waals surface area contributed by atoms with Crippen LogP contribution in [0.2, 0.25) is 0 Å². The molecule has 0 radical (unpaired) electrons. The number of anilines is 1. The third-order valence-corrected chi connectivity index (χ3v) is 8.21. The number of sulfonamides is 1. The summed E-state index contributed by atoms with van der Waals surface area (Å²) in [5, 5.41) is 6.48. The average molecular weight is 486 g/mol. The normalized spacial score (nSPS) is 24.0. The molecule has 1 heterocycles. The van der Waals surface area contributed by atoms with Crippen molar-refractivity contribution in [1.29, 1.82) is 0 Å². The summed E-state index contributed by atoms with van der Waals surface area (Å²) in [5.41, 5.74) is 0.222. The Morgan fingerprint density at radius 3 is 2.31 bits per heavy atom. The summed E-state index contributed by atoms with van der Waals surface area (Å²) in [6, 6.07) is 5.65. The van der Waals surface area contributed by atoms with Gasteiger partial charge in [-0.25, -0.2) is 8.42 Å². The minimum Gasteiger partial charge on any atom is -0.381 e. The van der Waals surface area contributed by atoms with Gasteiger partial charge in [-0.3, -0.25) is 4.79 Å². The van der Waals surface area contributed by atoms with Gasteiger partial charge in [0.05, 0.1) is 5.69 Å². The van der Waals surface area contributed by atoms with E-state index in [-0.39, 0.29) is 11.9 Å². The molecule has 1 aliphatic carbocycles. The number of nitrogens with zero attached hydrogens (tertiary/aromatic N) is 1. The zero-order valence-corrected chi connectivity index (χ0v) is 20.1. The molecule has 1 saturated heterocycles. The van der Waals surface area contributed by atoms with Crippen molar-refractivity contribution >= 4 is 37.5 Å². The Balaban J connectivity index is 1.69. The zero-order chi connectivity index (χ0) is 21.4. The van der Waals surface area contributed by atoms with Crippen LogP contribution in [0.4, 0.5) is 5.69 Å². The third-order valence-electron chi connectivity index (χ3n) is 5.76. The van der Waals surface area contributed by atoms with Crippen molar-refractivity contribution in [1.82, 2.24) is 9.62 Å². The van der Waals surface area contributed by atoms with Gasteiger partial charge < -0.3 is 10.6 Å². The summed E-state index contributed by atoms with van der Waals surface area (Å²) in [4.78, 5) is 12.5. The van der Waals surface area contributed by atoms with Crippen molar-refractivity contribution in [3.05, 3.63) is 22.7 Å². The van der Waals surface area contributed by atoms with E-state index in [4.69, 9.17) is 0 Å². The number of carbonyl (C=O) groups is 1. The molecule has 8 heteroatoms. The summed E-state index contributed by atoms with van der Waals surface area (Å²) in [6.07, 6.45) is 3.37. The molecular formula is C21H32BrN3O3S. The monoisotopic (exact) mass is 485 g/mol. The number of benzene rings is 1. The molecule has 1 amide bonds. The maximum Gasteiger partial charge on any atom is 0.245 e. The van der Waals surface area contributed by atoms with E-state index in [1.54, 1.807) is 16.4 Å². The molecule has 162 valence electrons. The van der Waals surface area contributed by atoms with Crippen LogP contribution in [-0.4, -0.2) is 43.8 Å². The number of carbonyl (C=O) groups excluding carboxylic acids is 1. The van der Waals surface area contributed by atoms with Crippen molar-refractivity contribution in [3.8, 4) is 0 Å². The van der Waals surface area contributed by atoms with Gasteiger partial charge in [-0.2, -0.15) is 4.31 Å². The van der Waals surface area contributed by atoms with Crippen molar-refractivity contribution in [2.24, 2.45) is 11.3 Å². The van der Waals surface area contributed by atoms with Crippen molar-refractivity contribution < 1.29 is 13.2 Å². The van der Waals surface area contributed by atoms with Gasteiger partial charge in [0.1, 0.15) is 4.90 Å². The van der Waals surface area contributed by atoms with Gasteiger partial charge in [0.15, 0.2) is 0 Å². The highest BCUT2D eigenvalue weighted by Gasteiger charge is 2.34. The highest BCUT2D eigenvalue weighted by atomic mass is 79.9. The predicted octanol–water partition coefficient (Wildman–Crippen LogP) is 3.97. The highest BCUT2D eigenvalue weighted by Crippen LogP contribution is 2.34. The lowest BCUT2D eigenvalue weighted by Gasteiger charge is -2.36. The van der Waals surface area contributed by atoms with Crippen LogP contribution in [0.3, 0.4) is 0 Å². The lowest BCUT2D eigenvalue weighted by molar-refractivity contribution is -0.129. The minimum absolute atomic E-state index is 0.00734. The standard InChI is InChI=1S/C21H32BrN3O3S/c1-14-11-17(12-14)23-18-13-15(22)5-6-19(18)29(27,28)25-9-7-16(8-10-25)24-20(26)21(2,3)4/h5-6,13-14,16-17,23H,7-12H2,1-4H3,(H,24,26). The number of nitrogens with one attached hydrogen (secondary N) is 2. The Hall–Kier alpha value is -1.12. The fourth-order valence-electron chi connectivity index (χ4n) is 3.86. The summed E-state index contributed by atoms with van der Waals surface area (Å²) in [6.45, 7) is 8.67. The van der Waals surface area contributed by atoms with Gasteiger partial charge in [0.25, 0.3) is 0 Å². The van der Waals surface area contributed by atoms with Crippen molar-refractivity contribution in [3.63, 3.8) is 0 Å². The Bertz CT molecular complexity index is 852. The molecule has 1 saturated carbocycles. The van der Waals surface area contributed by atoms with Crippen LogP contribution >= 0.6 is 15.9 Å². The van der Waals surface area contributed by atoms with Crippen LogP contribution in [0.5, 0.6) is 0 Å². The molecule has 1 aromatic carbocycles. The van der Waals surface area contributed by atoms with Gasteiger partial charge in [0, 0.05) is 35.1 Å². The fourth-order valence-corrected chi connectivity index (χ4v) is 5.83. The van der Waals surface area contributed by atoms with Crippen LogP contribution in [0.25, 0.3) is 0 Å². The van der Waals surface area contributed by atoms with Crippen LogP contribution < -0.4 is 10.6 Å². The van der Waals surface area contributed by atoms with E-state index >= 15 is 0 Å². The molecule has 3 rings (SSSR count). The Labute approximate surface area is 183 Å². The lowest BCUT2D eigenvalue weighted by Crippen LogP contribution is -2.49. The molecule has 1 aromatic rings. The average Bonchev–Trinajstić information content (AvgIpc) is 2.60. The molecule has 0 spiro atoms. The molecule has 2 N–H and O–H groups in total. The van der Waals surface area contributed by atoms with Gasteiger partial charge in [0.2, 0.25) is 15.9 Å². The minimum atomic E-state index is -3.60. The second-order valence-corrected chi connectivity index (χ2v) is 12.3. The van der Waals surface area contributed by atoms with Gasteiger partial charge >= 0.3 is 0 Å². The van der Waals surface area contributed by atoms with Gasteiger partial charge in [-0.15, -0.1) is 0 Å². The van der Waals surface area contributed by atoms with Gasteiger partial charge in [-0.05, 0) is 49.8 Å². The molecule has 29 heavy (non-hydrogen) atoms. The quantitative estimate of drug-likeness (QED) is 0.660. The number of amides is 1. The van der Waals surface area contributed by atoms with E-state index in [9.17, 15) is 13.2 Å². The largest absolute Gasteiger partial charge is 0.381 e.